The van der Waals surface area contributed by atoms with Gasteiger partial charge < -0.3 is 15.7 Å². The van der Waals surface area contributed by atoms with Gasteiger partial charge in [0.1, 0.15) is 6.04 Å². The zero-order valence-corrected chi connectivity index (χ0v) is 19.7. The summed E-state index contributed by atoms with van der Waals surface area (Å²) in [5.74, 6) is -4.46. The largest absolute Gasteiger partial charge is 0.480 e. The van der Waals surface area contributed by atoms with Crippen LogP contribution in [0.4, 0.5) is 8.78 Å². The van der Waals surface area contributed by atoms with Crippen molar-refractivity contribution in [3.05, 3.63) is 94.5 Å². The van der Waals surface area contributed by atoms with E-state index in [0.29, 0.717) is 29.7 Å². The van der Waals surface area contributed by atoms with Crippen LogP contribution in [0.1, 0.15) is 40.2 Å². The van der Waals surface area contributed by atoms with Crippen molar-refractivity contribution in [2.75, 3.05) is 6.54 Å². The number of aliphatic carboxylic acids is 1. The van der Waals surface area contributed by atoms with Crippen molar-refractivity contribution in [3.8, 4) is 11.1 Å². The second-order valence-electron chi connectivity index (χ2n) is 9.00. The SMILES string of the molecule is Cc1ccccc1C1CC(C(=O)O)N(C(=O)Cc2ccc3c(c2)-c2ccccc2C3(F)F)C1.NC=O. The summed E-state index contributed by atoms with van der Waals surface area (Å²) in [6.07, 6.45) is 0.570. The molecule has 2 unspecified atom stereocenters. The van der Waals surface area contributed by atoms with Gasteiger partial charge in [-0.1, -0.05) is 66.7 Å². The van der Waals surface area contributed by atoms with E-state index < -0.39 is 17.9 Å². The molecule has 3 aromatic carbocycles. The van der Waals surface area contributed by atoms with Crippen LogP contribution in [-0.2, 0) is 26.7 Å². The molecular weight excluding hydrogens is 466 g/mol. The highest BCUT2D eigenvalue weighted by Crippen LogP contribution is 2.51. The van der Waals surface area contributed by atoms with Crippen LogP contribution in [0.5, 0.6) is 0 Å². The standard InChI is InChI=1S/C27H23F2NO3.CH3NO/c1-16-6-2-3-7-19(16)18-14-24(26(32)33)30(15-18)25(31)13-17-10-11-23-21(12-17)20-8-4-5-9-22(20)27(23,28)29;2-1-3/h2-12,18,24H,13-15H2,1H3,(H,32,33);1H,(H2,2,3). The summed E-state index contributed by atoms with van der Waals surface area (Å²) in [6, 6.07) is 17.9. The number of benzene rings is 3. The summed E-state index contributed by atoms with van der Waals surface area (Å²) in [4.78, 5) is 35.1. The van der Waals surface area contributed by atoms with Crippen molar-refractivity contribution in [2.45, 2.75) is 37.6 Å². The summed E-state index contributed by atoms with van der Waals surface area (Å²) in [5.41, 5.74) is 7.68. The van der Waals surface area contributed by atoms with Gasteiger partial charge in [-0.05, 0) is 41.2 Å². The number of halogens is 2. The molecule has 2 aliphatic rings. The Hall–Kier alpha value is -4.07. The van der Waals surface area contributed by atoms with E-state index in [9.17, 15) is 23.5 Å². The fourth-order valence-corrected chi connectivity index (χ4v) is 5.23. The molecule has 0 spiro atoms. The molecule has 0 aromatic heterocycles. The van der Waals surface area contributed by atoms with Crippen LogP contribution in [-0.4, -0.2) is 40.9 Å². The van der Waals surface area contributed by atoms with E-state index in [1.807, 2.05) is 31.2 Å². The Morgan fingerprint density at radius 1 is 1.06 bits per heavy atom. The lowest BCUT2D eigenvalue weighted by Gasteiger charge is -2.22. The Morgan fingerprint density at radius 2 is 1.69 bits per heavy atom. The molecular formula is C28H26F2N2O4. The third kappa shape index (κ3) is 4.46. The first-order valence-corrected chi connectivity index (χ1v) is 11.5. The molecule has 3 N–H and O–H groups in total. The maximum atomic E-state index is 14.8. The number of carbonyl (C=O) groups excluding carboxylic acids is 2. The van der Waals surface area contributed by atoms with Gasteiger partial charge in [0.2, 0.25) is 12.3 Å². The van der Waals surface area contributed by atoms with Crippen LogP contribution in [0.25, 0.3) is 11.1 Å². The number of carboxylic acids is 1. The van der Waals surface area contributed by atoms with Crippen LogP contribution in [0.15, 0.2) is 66.7 Å². The smallest absolute Gasteiger partial charge is 0.326 e. The Morgan fingerprint density at radius 3 is 2.39 bits per heavy atom. The lowest BCUT2D eigenvalue weighted by atomic mass is 9.93. The van der Waals surface area contributed by atoms with E-state index in [0.717, 1.165) is 11.1 Å². The topological polar surface area (TPSA) is 101 Å². The number of carbonyl (C=O) groups is 3. The fourth-order valence-electron chi connectivity index (χ4n) is 5.23. The molecule has 0 bridgehead atoms. The number of hydrogen-bond acceptors (Lipinski definition) is 3. The minimum atomic E-state index is -3.07. The van der Waals surface area contributed by atoms with Gasteiger partial charge >= 0.3 is 5.97 Å². The molecule has 1 fully saturated rings. The van der Waals surface area contributed by atoms with Crippen molar-refractivity contribution >= 4 is 18.3 Å². The molecule has 1 heterocycles. The molecule has 6 nitrogen and oxygen atoms in total. The normalized spacial score (nSPS) is 19.0. The molecule has 1 aliphatic heterocycles. The minimum Gasteiger partial charge on any atom is -0.480 e. The van der Waals surface area contributed by atoms with Crippen molar-refractivity contribution in [2.24, 2.45) is 5.73 Å². The number of fused-ring (bicyclic) bond motifs is 3. The van der Waals surface area contributed by atoms with Crippen LogP contribution >= 0.6 is 0 Å². The number of hydrogen-bond donors (Lipinski definition) is 2. The quantitative estimate of drug-likeness (QED) is 0.533. The summed E-state index contributed by atoms with van der Waals surface area (Å²) >= 11 is 0. The van der Waals surface area contributed by atoms with Crippen molar-refractivity contribution in [3.63, 3.8) is 0 Å². The maximum absolute atomic E-state index is 14.8. The third-order valence-corrected chi connectivity index (χ3v) is 6.87. The van der Waals surface area contributed by atoms with E-state index in [4.69, 9.17) is 4.79 Å². The van der Waals surface area contributed by atoms with Gasteiger partial charge in [0.25, 0.3) is 5.92 Å². The Bertz CT molecular complexity index is 1320. The number of carboxylic acid groups (broad SMARTS) is 1. The first kappa shape index (κ1) is 25.0. The number of rotatable bonds is 4. The van der Waals surface area contributed by atoms with E-state index >= 15 is 0 Å². The van der Waals surface area contributed by atoms with E-state index in [2.05, 4.69) is 5.73 Å². The summed E-state index contributed by atoms with van der Waals surface area (Å²) < 4.78 is 29.6. The predicted molar refractivity (Wildman–Crippen MR) is 131 cm³/mol. The molecule has 0 radical (unpaired) electrons. The second kappa shape index (κ2) is 9.89. The van der Waals surface area contributed by atoms with Crippen molar-refractivity contribution < 1.29 is 28.3 Å². The lowest BCUT2D eigenvalue weighted by molar-refractivity contribution is -0.148. The zero-order valence-electron chi connectivity index (χ0n) is 19.7. The molecule has 186 valence electrons. The number of nitrogens with two attached hydrogens (primary N) is 1. The van der Waals surface area contributed by atoms with Gasteiger partial charge in [0.15, 0.2) is 0 Å². The number of likely N-dealkylation sites (tertiary alicyclic amines) is 1. The van der Waals surface area contributed by atoms with Crippen LogP contribution < -0.4 is 5.73 Å². The monoisotopic (exact) mass is 492 g/mol. The van der Waals surface area contributed by atoms with Gasteiger partial charge in [0.05, 0.1) is 6.42 Å². The third-order valence-electron chi connectivity index (χ3n) is 6.87. The molecule has 2 atom stereocenters. The maximum Gasteiger partial charge on any atom is 0.326 e. The van der Waals surface area contributed by atoms with Gasteiger partial charge in [-0.2, -0.15) is 8.78 Å². The van der Waals surface area contributed by atoms with Crippen LogP contribution in [0, 0.1) is 6.92 Å². The van der Waals surface area contributed by atoms with Gasteiger partial charge in [-0.3, -0.25) is 9.59 Å². The first-order chi connectivity index (χ1) is 17.2. The predicted octanol–water partition coefficient (Wildman–Crippen LogP) is 4.23. The summed E-state index contributed by atoms with van der Waals surface area (Å²) in [7, 11) is 0. The molecule has 1 aliphatic carbocycles. The molecule has 8 heteroatoms. The molecule has 3 aromatic rings. The highest BCUT2D eigenvalue weighted by atomic mass is 19.3. The lowest BCUT2D eigenvalue weighted by Crippen LogP contribution is -2.41. The Balaban J connectivity index is 0.000000967. The Kier molecular flexibility index (Phi) is 6.88. The molecule has 36 heavy (non-hydrogen) atoms. The van der Waals surface area contributed by atoms with Gasteiger partial charge in [-0.25, -0.2) is 4.79 Å². The minimum absolute atomic E-state index is 0.0324. The average Bonchev–Trinajstić information content (AvgIpc) is 3.39. The van der Waals surface area contributed by atoms with Crippen molar-refractivity contribution in [1.29, 1.82) is 0 Å². The van der Waals surface area contributed by atoms with Gasteiger partial charge in [0, 0.05) is 23.6 Å². The fraction of sp³-hybridized carbons (Fsp3) is 0.250. The number of primary amides is 1. The number of nitrogens with zero attached hydrogens (tertiary/aromatic N) is 1. The van der Waals surface area contributed by atoms with Crippen LogP contribution in [0.3, 0.4) is 0 Å². The highest BCUT2D eigenvalue weighted by molar-refractivity contribution is 5.87. The average molecular weight is 493 g/mol. The Labute approximate surface area is 207 Å². The highest BCUT2D eigenvalue weighted by Gasteiger charge is 2.44. The van der Waals surface area contributed by atoms with E-state index in [1.165, 1.54) is 17.0 Å². The zero-order chi connectivity index (χ0) is 26.0. The molecule has 5 rings (SSSR count). The summed E-state index contributed by atoms with van der Waals surface area (Å²) in [6.45, 7) is 2.31. The van der Waals surface area contributed by atoms with Crippen molar-refractivity contribution in [1.82, 2.24) is 4.90 Å². The second-order valence-corrected chi connectivity index (χ2v) is 9.00. The van der Waals surface area contributed by atoms with Crippen LogP contribution in [0.2, 0.25) is 0 Å². The van der Waals surface area contributed by atoms with Gasteiger partial charge in [-0.15, -0.1) is 0 Å². The number of alkyl halides is 2. The number of amides is 2. The molecule has 0 saturated carbocycles. The summed E-state index contributed by atoms with van der Waals surface area (Å²) in [5, 5.41) is 9.75. The van der Waals surface area contributed by atoms with E-state index in [1.54, 1.807) is 30.3 Å². The first-order valence-electron chi connectivity index (χ1n) is 11.5. The molecule has 2 amide bonds. The number of aryl methyl sites for hydroxylation is 1. The van der Waals surface area contributed by atoms with E-state index in [-0.39, 0.29) is 35.8 Å². The molecule has 1 saturated heterocycles.